The first-order valence-corrected chi connectivity index (χ1v) is 12.4. The number of amides is 3. The van der Waals surface area contributed by atoms with Gasteiger partial charge in [-0.05, 0) is 43.0 Å². The number of likely N-dealkylation sites (tertiary alicyclic amines) is 1. The molecule has 1 saturated heterocycles. The van der Waals surface area contributed by atoms with Gasteiger partial charge in [-0.2, -0.15) is 0 Å². The molecule has 196 valence electrons. The molecule has 1 aliphatic heterocycles. The van der Waals surface area contributed by atoms with E-state index in [0.29, 0.717) is 24.4 Å². The van der Waals surface area contributed by atoms with Crippen molar-refractivity contribution in [3.05, 3.63) is 91.0 Å². The fourth-order valence-electron chi connectivity index (χ4n) is 4.20. The van der Waals surface area contributed by atoms with Crippen LogP contribution in [0.3, 0.4) is 0 Å². The van der Waals surface area contributed by atoms with Crippen LogP contribution < -0.4 is 10.1 Å². The summed E-state index contributed by atoms with van der Waals surface area (Å²) in [5.41, 5.74) is 1.38. The van der Waals surface area contributed by atoms with Gasteiger partial charge in [0.1, 0.15) is 25.0 Å². The number of carbonyl (C=O) groups is 3. The predicted octanol–water partition coefficient (Wildman–Crippen LogP) is 4.19. The van der Waals surface area contributed by atoms with Crippen LogP contribution in [0, 0.1) is 0 Å². The van der Waals surface area contributed by atoms with E-state index >= 15 is 0 Å². The standard InChI is InChI=1S/C29H35N3O5/c1-4-11-26(30-29(35)37-20-22-12-7-6-8-13-22)28(34)32-18-10-15-24(32)21-36-25-16-9-14-23(19-25)27(33)31(3)17-5-2/h4-9,12-14,16,19,24,26H,1-2,10-11,15,17-18,20-21H2,3H3,(H,30,35)/t24-,26-/m0/s1. The summed E-state index contributed by atoms with van der Waals surface area (Å²) in [5.74, 6) is 0.237. The monoisotopic (exact) mass is 505 g/mol. The largest absolute Gasteiger partial charge is 0.491 e. The van der Waals surface area contributed by atoms with E-state index in [2.05, 4.69) is 18.5 Å². The first-order chi connectivity index (χ1) is 17.9. The number of nitrogens with one attached hydrogen (secondary N) is 1. The third-order valence-electron chi connectivity index (χ3n) is 6.14. The van der Waals surface area contributed by atoms with Crippen molar-refractivity contribution in [3.8, 4) is 5.75 Å². The second-order valence-corrected chi connectivity index (χ2v) is 8.92. The van der Waals surface area contributed by atoms with E-state index in [0.717, 1.165) is 18.4 Å². The minimum absolute atomic E-state index is 0.118. The molecule has 0 bridgehead atoms. The van der Waals surface area contributed by atoms with Gasteiger partial charge in [0.2, 0.25) is 5.91 Å². The molecule has 0 aliphatic carbocycles. The summed E-state index contributed by atoms with van der Waals surface area (Å²) in [7, 11) is 1.71. The third kappa shape index (κ3) is 7.96. The summed E-state index contributed by atoms with van der Waals surface area (Å²) in [5, 5.41) is 2.69. The van der Waals surface area contributed by atoms with E-state index in [1.807, 2.05) is 30.3 Å². The van der Waals surface area contributed by atoms with Crippen LogP contribution in [0.1, 0.15) is 35.2 Å². The van der Waals surface area contributed by atoms with Crippen LogP contribution in [-0.2, 0) is 16.1 Å². The van der Waals surface area contributed by atoms with Crippen LogP contribution >= 0.6 is 0 Å². The van der Waals surface area contributed by atoms with Crippen LogP contribution in [0.15, 0.2) is 79.9 Å². The van der Waals surface area contributed by atoms with Gasteiger partial charge in [0.15, 0.2) is 0 Å². The molecule has 8 nitrogen and oxygen atoms in total. The number of alkyl carbamates (subject to hydrolysis) is 1. The summed E-state index contributed by atoms with van der Waals surface area (Å²) in [6.45, 7) is 8.82. The molecule has 0 spiro atoms. The van der Waals surface area contributed by atoms with E-state index in [9.17, 15) is 14.4 Å². The Hall–Kier alpha value is -4.07. The molecule has 0 unspecified atom stereocenters. The van der Waals surface area contributed by atoms with Crippen molar-refractivity contribution < 1.29 is 23.9 Å². The number of likely N-dealkylation sites (N-methyl/N-ethyl adjacent to an activating group) is 1. The van der Waals surface area contributed by atoms with E-state index in [-0.39, 0.29) is 37.5 Å². The second-order valence-electron chi connectivity index (χ2n) is 8.92. The average Bonchev–Trinajstić information content (AvgIpc) is 3.39. The Labute approximate surface area is 218 Å². The molecule has 2 aromatic rings. The van der Waals surface area contributed by atoms with E-state index in [4.69, 9.17) is 9.47 Å². The molecule has 2 aromatic carbocycles. The lowest BCUT2D eigenvalue weighted by atomic mass is 10.1. The number of carbonyl (C=O) groups excluding carboxylic acids is 3. The molecule has 0 aromatic heterocycles. The minimum Gasteiger partial charge on any atom is -0.491 e. The Kier molecular flexibility index (Phi) is 10.3. The number of hydrogen-bond donors (Lipinski definition) is 1. The number of hydrogen-bond acceptors (Lipinski definition) is 5. The first kappa shape index (κ1) is 27.5. The quantitative estimate of drug-likeness (QED) is 0.437. The highest BCUT2D eigenvalue weighted by molar-refractivity contribution is 5.94. The van der Waals surface area contributed by atoms with Crippen molar-refractivity contribution in [2.75, 3.05) is 26.7 Å². The lowest BCUT2D eigenvalue weighted by molar-refractivity contribution is -0.134. The van der Waals surface area contributed by atoms with Crippen LogP contribution in [0.2, 0.25) is 0 Å². The smallest absolute Gasteiger partial charge is 0.408 e. The van der Waals surface area contributed by atoms with Crippen molar-refractivity contribution in [1.29, 1.82) is 0 Å². The molecule has 3 rings (SSSR count). The van der Waals surface area contributed by atoms with Crippen molar-refractivity contribution in [2.24, 2.45) is 0 Å². The number of nitrogens with zero attached hydrogens (tertiary/aromatic N) is 2. The molecule has 37 heavy (non-hydrogen) atoms. The maximum atomic E-state index is 13.3. The SMILES string of the molecule is C=CC[C@H](NC(=O)OCc1ccccc1)C(=O)N1CCC[C@H]1COc1cccc(C(=O)N(C)CC=C)c1. The molecule has 0 radical (unpaired) electrons. The molecule has 0 saturated carbocycles. The lowest BCUT2D eigenvalue weighted by Gasteiger charge is -2.29. The Balaban J connectivity index is 1.57. The van der Waals surface area contributed by atoms with Gasteiger partial charge in [0.25, 0.3) is 5.91 Å². The van der Waals surface area contributed by atoms with Crippen LogP contribution in [0.5, 0.6) is 5.75 Å². The van der Waals surface area contributed by atoms with Gasteiger partial charge in [-0.25, -0.2) is 4.79 Å². The number of benzene rings is 2. The first-order valence-electron chi connectivity index (χ1n) is 12.4. The lowest BCUT2D eigenvalue weighted by Crippen LogP contribution is -2.51. The number of ether oxygens (including phenoxy) is 2. The Bertz CT molecular complexity index is 1090. The molecule has 1 N–H and O–H groups in total. The van der Waals surface area contributed by atoms with Crippen LogP contribution in [-0.4, -0.2) is 66.5 Å². The predicted molar refractivity (Wildman–Crippen MR) is 142 cm³/mol. The summed E-state index contributed by atoms with van der Waals surface area (Å²) in [6.07, 6.45) is 4.52. The zero-order valence-corrected chi connectivity index (χ0v) is 21.3. The Morgan fingerprint density at radius 2 is 1.92 bits per heavy atom. The summed E-state index contributed by atoms with van der Waals surface area (Å²) in [6, 6.07) is 15.4. The van der Waals surface area contributed by atoms with Crippen LogP contribution in [0.4, 0.5) is 4.79 Å². The number of rotatable bonds is 12. The fourth-order valence-corrected chi connectivity index (χ4v) is 4.20. The summed E-state index contributed by atoms with van der Waals surface area (Å²) >= 11 is 0. The van der Waals surface area contributed by atoms with Gasteiger partial charge < -0.3 is 24.6 Å². The van der Waals surface area contributed by atoms with Crippen molar-refractivity contribution >= 4 is 17.9 Å². The van der Waals surface area contributed by atoms with E-state index < -0.39 is 12.1 Å². The summed E-state index contributed by atoms with van der Waals surface area (Å²) in [4.78, 5) is 41.6. The fraction of sp³-hybridized carbons (Fsp3) is 0.345. The zero-order chi connectivity index (χ0) is 26.6. The van der Waals surface area contributed by atoms with Gasteiger partial charge in [-0.3, -0.25) is 9.59 Å². The van der Waals surface area contributed by atoms with Gasteiger partial charge in [0.05, 0.1) is 6.04 Å². The van der Waals surface area contributed by atoms with Crippen molar-refractivity contribution in [2.45, 2.75) is 38.0 Å². The maximum absolute atomic E-state index is 13.3. The van der Waals surface area contributed by atoms with Gasteiger partial charge in [0, 0.05) is 25.7 Å². The summed E-state index contributed by atoms with van der Waals surface area (Å²) < 4.78 is 11.3. The molecular formula is C29H35N3O5. The highest BCUT2D eigenvalue weighted by Crippen LogP contribution is 2.22. The topological polar surface area (TPSA) is 88.2 Å². The molecule has 1 aliphatic rings. The highest BCUT2D eigenvalue weighted by atomic mass is 16.5. The van der Waals surface area contributed by atoms with Gasteiger partial charge >= 0.3 is 6.09 Å². The Morgan fingerprint density at radius 3 is 2.65 bits per heavy atom. The van der Waals surface area contributed by atoms with Gasteiger partial charge in [-0.1, -0.05) is 48.6 Å². The molecule has 1 fully saturated rings. The normalized spacial score (nSPS) is 15.4. The minimum atomic E-state index is -0.775. The zero-order valence-electron chi connectivity index (χ0n) is 21.3. The van der Waals surface area contributed by atoms with Crippen molar-refractivity contribution in [1.82, 2.24) is 15.1 Å². The van der Waals surface area contributed by atoms with Gasteiger partial charge in [-0.15, -0.1) is 13.2 Å². The second kappa shape index (κ2) is 13.9. The van der Waals surface area contributed by atoms with E-state index in [1.165, 1.54) is 0 Å². The molecule has 8 heteroatoms. The van der Waals surface area contributed by atoms with Crippen molar-refractivity contribution in [3.63, 3.8) is 0 Å². The molecular weight excluding hydrogens is 470 g/mol. The maximum Gasteiger partial charge on any atom is 0.408 e. The highest BCUT2D eigenvalue weighted by Gasteiger charge is 2.34. The third-order valence-corrected chi connectivity index (χ3v) is 6.14. The average molecular weight is 506 g/mol. The molecule has 2 atom stereocenters. The Morgan fingerprint density at radius 1 is 1.14 bits per heavy atom. The molecule has 3 amide bonds. The van der Waals surface area contributed by atoms with E-state index in [1.54, 1.807) is 53.3 Å². The van der Waals surface area contributed by atoms with Crippen LogP contribution in [0.25, 0.3) is 0 Å². The molecule has 1 heterocycles.